The number of halogens is 3. The number of carbonyl (C=O) groups excluding carboxylic acids is 2. The van der Waals surface area contributed by atoms with Gasteiger partial charge in [0.15, 0.2) is 0 Å². The number of pyridine rings is 1. The van der Waals surface area contributed by atoms with Gasteiger partial charge in [-0.25, -0.2) is 0 Å². The van der Waals surface area contributed by atoms with Crippen LogP contribution in [0.5, 0.6) is 5.75 Å². The van der Waals surface area contributed by atoms with E-state index in [0.29, 0.717) is 11.1 Å². The molecule has 1 aliphatic heterocycles. The van der Waals surface area contributed by atoms with Crippen LogP contribution in [0, 0.1) is 5.41 Å². The van der Waals surface area contributed by atoms with Crippen molar-refractivity contribution in [3.05, 3.63) is 72.6 Å². The molecule has 7 nitrogen and oxygen atoms in total. The number of rotatable bonds is 6. The van der Waals surface area contributed by atoms with Crippen molar-refractivity contribution < 1.29 is 32.6 Å². The summed E-state index contributed by atoms with van der Waals surface area (Å²) in [4.78, 5) is 34.0. The first-order valence-electron chi connectivity index (χ1n) is 12.9. The molecule has 2 N–H and O–H groups in total. The molecular weight excluding hydrogens is 523 g/mol. The summed E-state index contributed by atoms with van der Waals surface area (Å²) in [7, 11) is 1.08. The van der Waals surface area contributed by atoms with Crippen LogP contribution < -0.4 is 0 Å². The van der Waals surface area contributed by atoms with Crippen LogP contribution in [-0.4, -0.2) is 58.2 Å². The largest absolute Gasteiger partial charge is 0.507 e. The molecule has 0 atom stereocenters. The molecule has 0 saturated carbocycles. The molecule has 0 aliphatic carbocycles. The van der Waals surface area contributed by atoms with Crippen molar-refractivity contribution in [2.24, 2.45) is 5.41 Å². The molecule has 0 unspecified atom stereocenters. The average Bonchev–Trinajstić information content (AvgIpc) is 3.37. The molecule has 1 amide bonds. The summed E-state index contributed by atoms with van der Waals surface area (Å²) in [5, 5.41) is 12.1. The van der Waals surface area contributed by atoms with Crippen LogP contribution in [0.1, 0.15) is 24.8 Å². The lowest BCUT2D eigenvalue weighted by Gasteiger charge is -2.40. The third kappa shape index (κ3) is 5.52. The molecule has 3 heterocycles. The fourth-order valence-corrected chi connectivity index (χ4v) is 5.44. The van der Waals surface area contributed by atoms with Gasteiger partial charge in [0, 0.05) is 35.8 Å². The zero-order valence-corrected chi connectivity index (χ0v) is 21.8. The minimum atomic E-state index is -4.51. The number of hydrogen-bond donors (Lipinski definition) is 2. The summed E-state index contributed by atoms with van der Waals surface area (Å²) in [6.45, 7) is 0.0964. The summed E-state index contributed by atoms with van der Waals surface area (Å²) < 4.78 is 44.1. The Morgan fingerprint density at radius 1 is 1.07 bits per heavy atom. The predicted molar refractivity (Wildman–Crippen MR) is 143 cm³/mol. The van der Waals surface area contributed by atoms with Crippen molar-refractivity contribution in [1.29, 1.82) is 0 Å². The van der Waals surface area contributed by atoms with Crippen molar-refractivity contribution in [2.45, 2.75) is 31.9 Å². The SMILES string of the molecule is COC(=O)C1(CC(F)(F)F)CCN(C(=O)Cc2ccc(-c3cccc(-c4cc5ccncc5[nH]4)c3O)cc2)CC1. The van der Waals surface area contributed by atoms with Crippen molar-refractivity contribution in [2.75, 3.05) is 20.2 Å². The number of esters is 1. The van der Waals surface area contributed by atoms with Gasteiger partial charge in [-0.1, -0.05) is 36.4 Å². The number of alkyl halides is 3. The van der Waals surface area contributed by atoms with E-state index in [1.807, 2.05) is 42.5 Å². The highest BCUT2D eigenvalue weighted by Gasteiger charge is 2.50. The number of carbonyl (C=O) groups is 2. The molecule has 1 aliphatic rings. The molecule has 40 heavy (non-hydrogen) atoms. The van der Waals surface area contributed by atoms with Gasteiger partial charge in [-0.15, -0.1) is 0 Å². The number of nitrogens with one attached hydrogen (secondary N) is 1. The molecule has 208 valence electrons. The molecule has 0 bridgehead atoms. The van der Waals surface area contributed by atoms with Crippen LogP contribution in [0.4, 0.5) is 13.2 Å². The number of aromatic amines is 1. The number of benzene rings is 2. The van der Waals surface area contributed by atoms with E-state index in [2.05, 4.69) is 14.7 Å². The number of hydrogen-bond acceptors (Lipinski definition) is 5. The van der Waals surface area contributed by atoms with E-state index >= 15 is 0 Å². The maximum atomic E-state index is 13.1. The van der Waals surface area contributed by atoms with E-state index in [-0.39, 0.29) is 44.0 Å². The Morgan fingerprint density at radius 2 is 1.77 bits per heavy atom. The summed E-state index contributed by atoms with van der Waals surface area (Å²) in [6, 6.07) is 16.5. The Hall–Kier alpha value is -4.34. The van der Waals surface area contributed by atoms with E-state index in [1.54, 1.807) is 24.5 Å². The molecule has 2 aromatic heterocycles. The normalized spacial score (nSPS) is 15.2. The number of phenolic OH excluding ortho intramolecular Hbond substituents is 1. The quantitative estimate of drug-likeness (QED) is 0.292. The van der Waals surface area contributed by atoms with Crippen molar-refractivity contribution >= 4 is 22.8 Å². The highest BCUT2D eigenvalue weighted by atomic mass is 19.4. The zero-order valence-electron chi connectivity index (χ0n) is 21.8. The third-order valence-electron chi connectivity index (χ3n) is 7.60. The highest BCUT2D eigenvalue weighted by molar-refractivity contribution is 5.89. The fourth-order valence-electron chi connectivity index (χ4n) is 5.44. The smallest absolute Gasteiger partial charge is 0.390 e. The monoisotopic (exact) mass is 551 g/mol. The Kier molecular flexibility index (Phi) is 7.27. The number of aromatic nitrogens is 2. The Bertz CT molecular complexity index is 1510. The second-order valence-corrected chi connectivity index (χ2v) is 10.2. The van der Waals surface area contributed by atoms with Gasteiger partial charge in [0.05, 0.1) is 42.8 Å². The van der Waals surface area contributed by atoms with Gasteiger partial charge in [-0.2, -0.15) is 13.2 Å². The number of para-hydroxylation sites is 1. The fraction of sp³-hybridized carbons (Fsp3) is 0.300. The highest BCUT2D eigenvalue weighted by Crippen LogP contribution is 2.43. The van der Waals surface area contributed by atoms with E-state index in [4.69, 9.17) is 0 Å². The topological polar surface area (TPSA) is 95.5 Å². The maximum Gasteiger partial charge on any atom is 0.390 e. The lowest BCUT2D eigenvalue weighted by Crippen LogP contribution is -2.49. The van der Waals surface area contributed by atoms with Gasteiger partial charge in [-0.05, 0) is 42.2 Å². The van der Waals surface area contributed by atoms with Crippen molar-refractivity contribution in [1.82, 2.24) is 14.9 Å². The maximum absolute atomic E-state index is 13.1. The number of H-pyrrole nitrogens is 1. The van der Waals surface area contributed by atoms with Crippen LogP contribution in [0.2, 0.25) is 0 Å². The number of aromatic hydroxyl groups is 1. The number of nitrogens with zero attached hydrogens (tertiary/aromatic N) is 2. The molecular formula is C30H28F3N3O4. The minimum Gasteiger partial charge on any atom is -0.507 e. The van der Waals surface area contributed by atoms with E-state index in [1.165, 1.54) is 4.90 Å². The number of piperidine rings is 1. The number of methoxy groups -OCH3 is 1. The number of ether oxygens (including phenoxy) is 1. The van der Waals surface area contributed by atoms with Crippen LogP contribution in [-0.2, 0) is 20.7 Å². The first-order chi connectivity index (χ1) is 19.1. The minimum absolute atomic E-state index is 0.0482. The number of fused-ring (bicyclic) bond motifs is 1. The third-order valence-corrected chi connectivity index (χ3v) is 7.60. The first kappa shape index (κ1) is 27.2. The molecule has 1 fully saturated rings. The van der Waals surface area contributed by atoms with Gasteiger partial charge in [0.2, 0.25) is 5.91 Å². The molecule has 2 aromatic carbocycles. The molecule has 1 saturated heterocycles. The summed E-state index contributed by atoms with van der Waals surface area (Å²) in [5.74, 6) is -0.996. The van der Waals surface area contributed by atoms with Gasteiger partial charge in [0.25, 0.3) is 0 Å². The van der Waals surface area contributed by atoms with Gasteiger partial charge < -0.3 is 19.7 Å². The van der Waals surface area contributed by atoms with E-state index in [9.17, 15) is 27.9 Å². The Balaban J connectivity index is 1.27. The van der Waals surface area contributed by atoms with E-state index in [0.717, 1.165) is 34.8 Å². The van der Waals surface area contributed by atoms with Crippen molar-refractivity contribution in [3.8, 4) is 28.1 Å². The summed E-state index contributed by atoms with van der Waals surface area (Å²) in [5.41, 5.74) is 2.73. The molecule has 10 heteroatoms. The molecule has 0 radical (unpaired) electrons. The first-order valence-corrected chi connectivity index (χ1v) is 12.9. The van der Waals surface area contributed by atoms with E-state index < -0.39 is 24.0 Å². The second kappa shape index (κ2) is 10.7. The summed E-state index contributed by atoms with van der Waals surface area (Å²) >= 11 is 0. The lowest BCUT2D eigenvalue weighted by atomic mass is 9.75. The zero-order chi connectivity index (χ0) is 28.5. The molecule has 4 aromatic rings. The second-order valence-electron chi connectivity index (χ2n) is 10.2. The van der Waals surface area contributed by atoms with Gasteiger partial charge >= 0.3 is 12.1 Å². The summed E-state index contributed by atoms with van der Waals surface area (Å²) in [6.07, 6.45) is -2.48. The number of likely N-dealkylation sites (tertiary alicyclic amines) is 1. The van der Waals surface area contributed by atoms with Gasteiger partial charge in [0.1, 0.15) is 5.75 Å². The van der Waals surface area contributed by atoms with Crippen LogP contribution in [0.15, 0.2) is 67.0 Å². The Labute approximate surface area is 228 Å². The average molecular weight is 552 g/mol. The number of amides is 1. The van der Waals surface area contributed by atoms with Crippen LogP contribution in [0.25, 0.3) is 33.3 Å². The number of phenols is 1. The van der Waals surface area contributed by atoms with Crippen LogP contribution in [0.3, 0.4) is 0 Å². The lowest BCUT2D eigenvalue weighted by molar-refractivity contribution is -0.187. The van der Waals surface area contributed by atoms with Crippen molar-refractivity contribution in [3.63, 3.8) is 0 Å². The molecule has 5 rings (SSSR count). The predicted octanol–water partition coefficient (Wildman–Crippen LogP) is 5.88. The molecule has 0 spiro atoms. The Morgan fingerprint density at radius 3 is 2.42 bits per heavy atom. The standard InChI is InChI=1S/C30H28F3N3O4/c1-40-28(39)29(18-30(31,32)33)10-13-36(14-11-29)26(37)15-19-5-7-20(8-6-19)22-3-2-4-23(27(22)38)24-16-21-9-12-34-17-25(21)35-24/h2-9,12,16-17,35,38H,10-11,13-15,18H2,1H3. The van der Waals surface area contributed by atoms with Gasteiger partial charge in [-0.3, -0.25) is 14.6 Å². The van der Waals surface area contributed by atoms with Crippen LogP contribution >= 0.6 is 0 Å².